The number of imidazole rings is 2. The Morgan fingerprint density at radius 3 is 2.31 bits per heavy atom. The summed E-state index contributed by atoms with van der Waals surface area (Å²) in [5.74, 6) is 0.990. The molecule has 3 heteroatoms. The highest BCUT2D eigenvalue weighted by Crippen LogP contribution is 2.39. The Balaban J connectivity index is 1.94. The molecule has 0 N–H and O–H groups in total. The zero-order chi connectivity index (χ0) is 16.8. The number of rotatable bonds is 0. The van der Waals surface area contributed by atoms with E-state index in [1.54, 1.807) is 0 Å². The second-order valence-corrected chi connectivity index (χ2v) is 6.93. The van der Waals surface area contributed by atoms with E-state index >= 15 is 0 Å². The molecule has 0 radical (unpaired) electrons. The lowest BCUT2D eigenvalue weighted by Crippen LogP contribution is -1.85. The molecule has 120 valence electrons. The lowest BCUT2D eigenvalue weighted by Gasteiger charge is -2.01. The van der Waals surface area contributed by atoms with Crippen LogP contribution in [0.3, 0.4) is 0 Å². The van der Waals surface area contributed by atoms with Crippen LogP contribution in [0.15, 0.2) is 78.9 Å². The lowest BCUT2D eigenvalue weighted by molar-refractivity contribution is 1.22. The molecule has 0 saturated carbocycles. The van der Waals surface area contributed by atoms with Crippen LogP contribution in [0.1, 0.15) is 0 Å². The minimum atomic E-state index is 0.990. The zero-order valence-corrected chi connectivity index (χ0v) is 13.8. The first-order valence-corrected chi connectivity index (χ1v) is 8.85. The predicted octanol–water partition coefficient (Wildman–Crippen LogP) is 5.64. The summed E-state index contributed by atoms with van der Waals surface area (Å²) in [6.07, 6.45) is 0. The van der Waals surface area contributed by atoms with E-state index in [-0.39, 0.29) is 0 Å². The number of nitrogens with zero attached hydrogens (tertiary/aromatic N) is 3. The maximum absolute atomic E-state index is 4.99. The number of aromatic nitrogens is 3. The molecule has 0 aliphatic rings. The summed E-state index contributed by atoms with van der Waals surface area (Å²) in [5.41, 5.74) is 5.91. The van der Waals surface area contributed by atoms with E-state index in [0.717, 1.165) is 16.8 Å². The van der Waals surface area contributed by atoms with Crippen LogP contribution in [0.25, 0.3) is 54.9 Å². The third-order valence-electron chi connectivity index (χ3n) is 5.64. The Hall–Kier alpha value is -3.59. The van der Waals surface area contributed by atoms with Gasteiger partial charge in [-0.25, -0.2) is 4.98 Å². The van der Waals surface area contributed by atoms with E-state index in [0.29, 0.717) is 0 Å². The Morgan fingerprint density at radius 2 is 1.31 bits per heavy atom. The second-order valence-electron chi connectivity index (χ2n) is 6.93. The maximum Gasteiger partial charge on any atom is 0.220 e. The van der Waals surface area contributed by atoms with Crippen molar-refractivity contribution >= 4 is 54.9 Å². The van der Waals surface area contributed by atoms with Crippen molar-refractivity contribution in [2.24, 2.45) is 0 Å². The molecule has 0 amide bonds. The topological polar surface area (TPSA) is 21.7 Å². The fourth-order valence-electron chi connectivity index (χ4n) is 4.59. The monoisotopic (exact) mass is 331 g/mol. The van der Waals surface area contributed by atoms with Crippen LogP contribution < -0.4 is 0 Å². The van der Waals surface area contributed by atoms with E-state index in [1.165, 1.54) is 38.1 Å². The molecule has 0 unspecified atom stereocenters. The molecule has 0 aliphatic heterocycles. The normalized spacial score (nSPS) is 12.6. The van der Waals surface area contributed by atoms with Gasteiger partial charge in [-0.3, -0.25) is 8.80 Å². The van der Waals surface area contributed by atoms with Gasteiger partial charge in [-0.15, -0.1) is 0 Å². The van der Waals surface area contributed by atoms with Crippen molar-refractivity contribution in [1.29, 1.82) is 0 Å². The van der Waals surface area contributed by atoms with Crippen LogP contribution >= 0.6 is 0 Å². The van der Waals surface area contributed by atoms with E-state index in [9.17, 15) is 0 Å². The quantitative estimate of drug-likeness (QED) is 0.352. The van der Waals surface area contributed by atoms with Crippen molar-refractivity contribution in [3.8, 4) is 0 Å². The van der Waals surface area contributed by atoms with Crippen molar-refractivity contribution < 1.29 is 0 Å². The first-order chi connectivity index (χ1) is 12.9. The van der Waals surface area contributed by atoms with Crippen LogP contribution in [-0.2, 0) is 0 Å². The van der Waals surface area contributed by atoms with Gasteiger partial charge in [0.25, 0.3) is 0 Å². The molecule has 3 aromatic heterocycles. The van der Waals surface area contributed by atoms with Crippen LogP contribution in [0.4, 0.5) is 0 Å². The molecule has 0 saturated heterocycles. The molecule has 0 bridgehead atoms. The average Bonchev–Trinajstić information content (AvgIpc) is 3.33. The number of benzene rings is 4. The van der Waals surface area contributed by atoms with Gasteiger partial charge in [-0.05, 0) is 23.6 Å². The summed E-state index contributed by atoms with van der Waals surface area (Å²) in [6, 6.07) is 28.0. The largest absolute Gasteiger partial charge is 0.276 e. The van der Waals surface area contributed by atoms with E-state index in [2.05, 4.69) is 87.7 Å². The Labute approximate surface area is 148 Å². The number of para-hydroxylation sites is 3. The smallest absolute Gasteiger partial charge is 0.220 e. The molecule has 4 aromatic carbocycles. The number of fused-ring (bicyclic) bond motifs is 10. The van der Waals surface area contributed by atoms with Crippen LogP contribution in [0.2, 0.25) is 0 Å². The second kappa shape index (κ2) is 4.14. The highest BCUT2D eigenvalue weighted by Gasteiger charge is 2.21. The molecular formula is C23H13N3. The van der Waals surface area contributed by atoms with Crippen molar-refractivity contribution in [3.05, 3.63) is 78.9 Å². The van der Waals surface area contributed by atoms with Crippen molar-refractivity contribution in [3.63, 3.8) is 0 Å². The molecule has 3 nitrogen and oxygen atoms in total. The molecule has 7 rings (SSSR count). The van der Waals surface area contributed by atoms with E-state index in [4.69, 9.17) is 4.98 Å². The van der Waals surface area contributed by atoms with Gasteiger partial charge in [0.1, 0.15) is 0 Å². The van der Waals surface area contributed by atoms with Gasteiger partial charge in [-0.1, -0.05) is 60.7 Å². The highest BCUT2D eigenvalue weighted by molar-refractivity contribution is 6.22. The summed E-state index contributed by atoms with van der Waals surface area (Å²) in [6.45, 7) is 0. The summed E-state index contributed by atoms with van der Waals surface area (Å²) < 4.78 is 4.64. The van der Waals surface area contributed by atoms with Crippen LogP contribution in [0.5, 0.6) is 0 Å². The molecule has 0 atom stereocenters. The predicted molar refractivity (Wildman–Crippen MR) is 107 cm³/mol. The number of hydrogen-bond acceptors (Lipinski definition) is 1. The first-order valence-electron chi connectivity index (χ1n) is 8.85. The zero-order valence-electron chi connectivity index (χ0n) is 13.8. The van der Waals surface area contributed by atoms with Gasteiger partial charge >= 0.3 is 0 Å². The standard InChI is InChI=1S/C23H13N3/c1-2-7-15-14(6-1)12-13-17-16-8-5-11-20-22(16)26(21(15)17)23-24-18-9-3-4-10-19(18)25(20)23/h1-13H. The van der Waals surface area contributed by atoms with Gasteiger partial charge in [0.05, 0.1) is 27.6 Å². The fraction of sp³-hybridized carbons (Fsp3) is 0. The Bertz CT molecular complexity index is 1630. The van der Waals surface area contributed by atoms with Crippen molar-refractivity contribution in [2.75, 3.05) is 0 Å². The van der Waals surface area contributed by atoms with E-state index < -0.39 is 0 Å². The number of hydrogen-bond donors (Lipinski definition) is 0. The van der Waals surface area contributed by atoms with Crippen molar-refractivity contribution in [2.45, 2.75) is 0 Å². The van der Waals surface area contributed by atoms with Crippen LogP contribution in [-0.4, -0.2) is 13.8 Å². The maximum atomic E-state index is 4.99. The first kappa shape index (κ1) is 12.7. The summed E-state index contributed by atoms with van der Waals surface area (Å²) >= 11 is 0. The van der Waals surface area contributed by atoms with E-state index in [1.807, 2.05) is 0 Å². The molecule has 7 aromatic rings. The molecule has 0 aliphatic carbocycles. The summed E-state index contributed by atoms with van der Waals surface area (Å²) in [4.78, 5) is 4.99. The SMILES string of the molecule is c1ccc2c(c1)ccc1c3cccc4c3n(c21)c1nc2ccccc2n41. The molecule has 3 heterocycles. The molecular weight excluding hydrogens is 318 g/mol. The van der Waals surface area contributed by atoms with Gasteiger partial charge in [-0.2, -0.15) is 0 Å². The summed E-state index contributed by atoms with van der Waals surface area (Å²) in [7, 11) is 0. The molecule has 0 spiro atoms. The third kappa shape index (κ3) is 1.28. The third-order valence-corrected chi connectivity index (χ3v) is 5.64. The van der Waals surface area contributed by atoms with Gasteiger partial charge in [0.15, 0.2) is 0 Å². The van der Waals surface area contributed by atoms with Gasteiger partial charge in [0, 0.05) is 16.2 Å². The average molecular weight is 331 g/mol. The Kier molecular flexibility index (Phi) is 2.03. The minimum absolute atomic E-state index is 0.990. The summed E-state index contributed by atoms with van der Waals surface area (Å²) in [5, 5.41) is 5.11. The highest BCUT2D eigenvalue weighted by atomic mass is 15.2. The van der Waals surface area contributed by atoms with Gasteiger partial charge in [0.2, 0.25) is 5.78 Å². The molecule has 26 heavy (non-hydrogen) atoms. The minimum Gasteiger partial charge on any atom is -0.276 e. The van der Waals surface area contributed by atoms with Crippen LogP contribution in [0, 0.1) is 0 Å². The fourth-order valence-corrected chi connectivity index (χ4v) is 4.59. The lowest BCUT2D eigenvalue weighted by atomic mass is 10.1. The molecule has 0 fully saturated rings. The Morgan fingerprint density at radius 1 is 0.538 bits per heavy atom. The van der Waals surface area contributed by atoms with Crippen molar-refractivity contribution in [1.82, 2.24) is 13.8 Å². The van der Waals surface area contributed by atoms with Gasteiger partial charge < -0.3 is 0 Å².